The quantitative estimate of drug-likeness (QED) is 0.394. The number of H-pyrrole nitrogens is 2. The number of nitrogens with zero attached hydrogens (tertiary/aromatic N) is 4. The van der Waals surface area contributed by atoms with Crippen LogP contribution in [0.4, 0.5) is 0 Å². The van der Waals surface area contributed by atoms with Gasteiger partial charge in [-0.15, -0.1) is 0 Å². The molecule has 0 aliphatic rings. The number of imidazole rings is 3. The Balaban J connectivity index is 1.69. The molecule has 0 atom stereocenters. The summed E-state index contributed by atoms with van der Waals surface area (Å²) in [6.45, 7) is 3.93. The maximum Gasteiger partial charge on any atom is 0.103 e. The molecular formula is C24H20N6. The molecule has 0 saturated heterocycles. The van der Waals surface area contributed by atoms with Crippen molar-refractivity contribution in [3.63, 3.8) is 0 Å². The summed E-state index contributed by atoms with van der Waals surface area (Å²) in [7, 11) is 2.05. The second kappa shape index (κ2) is 6.03. The number of aromatic amines is 2. The lowest BCUT2D eigenvalue weighted by Crippen LogP contribution is -1.90. The number of benzene rings is 3. The zero-order chi connectivity index (χ0) is 20.4. The van der Waals surface area contributed by atoms with Gasteiger partial charge in [-0.3, -0.25) is 0 Å². The van der Waals surface area contributed by atoms with Gasteiger partial charge in [0.1, 0.15) is 11.6 Å². The fraction of sp³-hybridized carbons (Fsp3) is 0.125. The van der Waals surface area contributed by atoms with Gasteiger partial charge < -0.3 is 14.5 Å². The molecule has 3 aromatic carbocycles. The minimum Gasteiger partial charge on any atom is -0.342 e. The molecule has 2 N–H and O–H groups in total. The van der Waals surface area contributed by atoms with Gasteiger partial charge >= 0.3 is 0 Å². The van der Waals surface area contributed by atoms with Crippen molar-refractivity contribution in [3.8, 4) is 22.5 Å². The van der Waals surface area contributed by atoms with E-state index in [4.69, 9.17) is 4.98 Å². The topological polar surface area (TPSA) is 75.2 Å². The number of hydrogen-bond acceptors (Lipinski definition) is 3. The molecule has 0 saturated carbocycles. The molecule has 6 rings (SSSR count). The second-order valence-corrected chi connectivity index (χ2v) is 7.84. The number of aromatic nitrogens is 6. The van der Waals surface area contributed by atoms with Gasteiger partial charge in [0, 0.05) is 28.9 Å². The Labute approximate surface area is 172 Å². The molecule has 6 aromatic rings. The lowest BCUT2D eigenvalue weighted by molar-refractivity contribution is 0.951. The fourth-order valence-electron chi connectivity index (χ4n) is 4.37. The molecule has 0 unspecified atom stereocenters. The zero-order valence-corrected chi connectivity index (χ0v) is 17.0. The van der Waals surface area contributed by atoms with E-state index in [1.165, 1.54) is 16.2 Å². The molecule has 0 amide bonds. The number of fused-ring (bicyclic) bond motifs is 6. The molecule has 3 heterocycles. The molecule has 146 valence electrons. The Hall–Kier alpha value is -3.93. The van der Waals surface area contributed by atoms with Crippen LogP contribution in [0.2, 0.25) is 0 Å². The Morgan fingerprint density at radius 2 is 1.27 bits per heavy atom. The molecule has 0 radical (unpaired) electrons. The van der Waals surface area contributed by atoms with Crippen LogP contribution in [-0.4, -0.2) is 29.5 Å². The van der Waals surface area contributed by atoms with E-state index in [1.54, 1.807) is 0 Å². The van der Waals surface area contributed by atoms with Gasteiger partial charge in [-0.1, -0.05) is 24.3 Å². The van der Waals surface area contributed by atoms with Crippen LogP contribution in [0, 0.1) is 13.8 Å². The SMILES string of the molecule is Cc1ncc(-c2ccc3c4ccc(-c5cnc(C)[nH]5)cc4c4c(ncn4C)c3c2)[nH]1. The highest BCUT2D eigenvalue weighted by Crippen LogP contribution is 2.37. The Morgan fingerprint density at radius 3 is 1.83 bits per heavy atom. The molecule has 30 heavy (non-hydrogen) atoms. The summed E-state index contributed by atoms with van der Waals surface area (Å²) in [5, 5.41) is 4.75. The number of rotatable bonds is 2. The van der Waals surface area contributed by atoms with E-state index < -0.39 is 0 Å². The second-order valence-electron chi connectivity index (χ2n) is 7.84. The van der Waals surface area contributed by atoms with E-state index in [9.17, 15) is 0 Å². The van der Waals surface area contributed by atoms with E-state index >= 15 is 0 Å². The summed E-state index contributed by atoms with van der Waals surface area (Å²) in [6, 6.07) is 13.1. The van der Waals surface area contributed by atoms with Gasteiger partial charge in [-0.25, -0.2) is 15.0 Å². The lowest BCUT2D eigenvalue weighted by atomic mass is 9.95. The largest absolute Gasteiger partial charge is 0.342 e. The highest BCUT2D eigenvalue weighted by Gasteiger charge is 2.15. The number of aryl methyl sites for hydroxylation is 3. The highest BCUT2D eigenvalue weighted by atomic mass is 15.0. The molecule has 0 aliphatic heterocycles. The maximum absolute atomic E-state index is 4.76. The van der Waals surface area contributed by atoms with E-state index in [0.29, 0.717) is 0 Å². The van der Waals surface area contributed by atoms with Gasteiger partial charge in [0.2, 0.25) is 0 Å². The third-order valence-corrected chi connectivity index (χ3v) is 5.80. The van der Waals surface area contributed by atoms with Crippen LogP contribution in [-0.2, 0) is 7.05 Å². The monoisotopic (exact) mass is 392 g/mol. The first kappa shape index (κ1) is 17.0. The summed E-state index contributed by atoms with van der Waals surface area (Å²) in [6.07, 6.45) is 5.66. The van der Waals surface area contributed by atoms with Crippen LogP contribution in [0.5, 0.6) is 0 Å². The molecular weight excluding hydrogens is 372 g/mol. The number of nitrogens with one attached hydrogen (secondary N) is 2. The molecule has 0 bridgehead atoms. The summed E-state index contributed by atoms with van der Waals surface area (Å²) in [5.74, 6) is 1.82. The van der Waals surface area contributed by atoms with E-state index in [0.717, 1.165) is 50.6 Å². The van der Waals surface area contributed by atoms with Crippen LogP contribution in [0.25, 0.3) is 55.1 Å². The minimum absolute atomic E-state index is 0.910. The lowest BCUT2D eigenvalue weighted by Gasteiger charge is -2.11. The fourth-order valence-corrected chi connectivity index (χ4v) is 4.37. The van der Waals surface area contributed by atoms with Crippen molar-refractivity contribution in [3.05, 3.63) is 66.8 Å². The van der Waals surface area contributed by atoms with Gasteiger partial charge in [0.15, 0.2) is 0 Å². The van der Waals surface area contributed by atoms with Crippen molar-refractivity contribution in [2.75, 3.05) is 0 Å². The van der Waals surface area contributed by atoms with Crippen LogP contribution in [0.3, 0.4) is 0 Å². The summed E-state index contributed by atoms with van der Waals surface area (Å²) < 4.78 is 2.10. The highest BCUT2D eigenvalue weighted by molar-refractivity contribution is 6.24. The first-order chi connectivity index (χ1) is 14.6. The van der Waals surface area contributed by atoms with E-state index in [2.05, 4.69) is 67.9 Å². The third-order valence-electron chi connectivity index (χ3n) is 5.80. The Morgan fingerprint density at radius 1 is 0.700 bits per heavy atom. The van der Waals surface area contributed by atoms with Crippen LogP contribution >= 0.6 is 0 Å². The average molecular weight is 392 g/mol. The summed E-state index contributed by atoms with van der Waals surface area (Å²) >= 11 is 0. The third kappa shape index (κ3) is 2.40. The Bertz CT molecular complexity index is 1580. The van der Waals surface area contributed by atoms with Crippen LogP contribution in [0.15, 0.2) is 55.1 Å². The molecule has 3 aromatic heterocycles. The molecule has 0 spiro atoms. The minimum atomic E-state index is 0.910. The average Bonchev–Trinajstić information content (AvgIpc) is 3.48. The predicted molar refractivity (Wildman–Crippen MR) is 120 cm³/mol. The first-order valence-corrected chi connectivity index (χ1v) is 9.93. The normalized spacial score (nSPS) is 11.8. The molecule has 6 nitrogen and oxygen atoms in total. The van der Waals surface area contributed by atoms with Crippen molar-refractivity contribution >= 4 is 32.6 Å². The van der Waals surface area contributed by atoms with Crippen LogP contribution < -0.4 is 0 Å². The standard InChI is InChI=1S/C24H20N6/c1-13-25-10-21(28-13)15-4-6-17-18-7-5-16(22-11-26-14(2)29-22)9-20(18)24-23(19(17)8-15)27-12-30(24)3/h4-12H,1-3H3,(H,25,28)(H,26,29). The summed E-state index contributed by atoms with van der Waals surface area (Å²) in [4.78, 5) is 20.1. The Kier molecular flexibility index (Phi) is 3.41. The van der Waals surface area contributed by atoms with Crippen molar-refractivity contribution in [1.29, 1.82) is 0 Å². The van der Waals surface area contributed by atoms with Gasteiger partial charge in [0.25, 0.3) is 0 Å². The van der Waals surface area contributed by atoms with Gasteiger partial charge in [-0.2, -0.15) is 0 Å². The van der Waals surface area contributed by atoms with Gasteiger partial charge in [-0.05, 0) is 36.8 Å². The van der Waals surface area contributed by atoms with Gasteiger partial charge in [0.05, 0.1) is 41.1 Å². The molecule has 0 fully saturated rings. The molecule has 0 aliphatic carbocycles. The van der Waals surface area contributed by atoms with Crippen molar-refractivity contribution in [2.24, 2.45) is 7.05 Å². The van der Waals surface area contributed by atoms with Crippen molar-refractivity contribution in [2.45, 2.75) is 13.8 Å². The maximum atomic E-state index is 4.76. The number of hydrogen-bond donors (Lipinski definition) is 2. The first-order valence-electron chi connectivity index (χ1n) is 9.93. The summed E-state index contributed by atoms with van der Waals surface area (Å²) in [5.41, 5.74) is 6.41. The predicted octanol–water partition coefficient (Wildman–Crippen LogP) is 5.28. The van der Waals surface area contributed by atoms with Crippen LogP contribution in [0.1, 0.15) is 11.6 Å². The zero-order valence-electron chi connectivity index (χ0n) is 17.0. The smallest absolute Gasteiger partial charge is 0.103 e. The van der Waals surface area contributed by atoms with Crippen molar-refractivity contribution < 1.29 is 0 Å². The van der Waals surface area contributed by atoms with Crippen molar-refractivity contribution in [1.82, 2.24) is 29.5 Å². The van der Waals surface area contributed by atoms with E-state index in [1.807, 2.05) is 32.6 Å². The van der Waals surface area contributed by atoms with E-state index in [-0.39, 0.29) is 0 Å². The molecule has 6 heteroatoms.